The number of aliphatic hydroxyl groups is 1. The van der Waals surface area contributed by atoms with Crippen molar-refractivity contribution in [3.05, 3.63) is 53.7 Å². The fraction of sp³-hybridized carbons (Fsp3) is 0.200. The second-order valence-electron chi connectivity index (χ2n) is 4.60. The van der Waals surface area contributed by atoms with Gasteiger partial charge in [-0.25, -0.2) is 9.78 Å². The summed E-state index contributed by atoms with van der Waals surface area (Å²) in [5.74, 6) is 0.495. The van der Waals surface area contributed by atoms with Crippen molar-refractivity contribution >= 4 is 17.5 Å². The SMILES string of the molecule is Cc1ccnc(NC(=O)Nc2cccc(C(C)O)c2)c1. The van der Waals surface area contributed by atoms with Gasteiger partial charge in [-0.15, -0.1) is 0 Å². The largest absolute Gasteiger partial charge is 0.389 e. The first-order chi connectivity index (χ1) is 9.54. The number of amides is 2. The molecule has 0 bridgehead atoms. The topological polar surface area (TPSA) is 74.2 Å². The molecule has 1 aromatic heterocycles. The van der Waals surface area contributed by atoms with Crippen molar-refractivity contribution < 1.29 is 9.90 Å². The predicted octanol–water partition coefficient (Wildman–Crippen LogP) is 3.09. The summed E-state index contributed by atoms with van der Waals surface area (Å²) in [6.45, 7) is 3.60. The number of carbonyl (C=O) groups excluding carboxylic acids is 1. The second-order valence-corrected chi connectivity index (χ2v) is 4.60. The first-order valence-corrected chi connectivity index (χ1v) is 6.33. The highest BCUT2D eigenvalue weighted by molar-refractivity contribution is 5.99. The van der Waals surface area contributed by atoms with Crippen LogP contribution in [0, 0.1) is 6.92 Å². The number of aryl methyl sites for hydroxylation is 1. The van der Waals surface area contributed by atoms with Crippen molar-refractivity contribution in [1.29, 1.82) is 0 Å². The number of carbonyl (C=O) groups is 1. The van der Waals surface area contributed by atoms with E-state index in [1.54, 1.807) is 43.5 Å². The van der Waals surface area contributed by atoms with Gasteiger partial charge in [-0.1, -0.05) is 12.1 Å². The summed E-state index contributed by atoms with van der Waals surface area (Å²) in [5.41, 5.74) is 2.39. The lowest BCUT2D eigenvalue weighted by atomic mass is 10.1. The maximum atomic E-state index is 11.8. The van der Waals surface area contributed by atoms with Gasteiger partial charge in [0.2, 0.25) is 0 Å². The highest BCUT2D eigenvalue weighted by atomic mass is 16.3. The number of pyridine rings is 1. The van der Waals surface area contributed by atoms with Crippen molar-refractivity contribution in [2.75, 3.05) is 10.6 Å². The van der Waals surface area contributed by atoms with E-state index in [9.17, 15) is 9.90 Å². The minimum atomic E-state index is -0.571. The Morgan fingerprint density at radius 3 is 2.75 bits per heavy atom. The smallest absolute Gasteiger partial charge is 0.324 e. The van der Waals surface area contributed by atoms with Crippen LogP contribution < -0.4 is 10.6 Å². The summed E-state index contributed by atoms with van der Waals surface area (Å²) in [5, 5.41) is 14.9. The Morgan fingerprint density at radius 2 is 2.05 bits per heavy atom. The maximum Gasteiger partial charge on any atom is 0.324 e. The molecule has 2 rings (SSSR count). The van der Waals surface area contributed by atoms with E-state index in [4.69, 9.17) is 0 Å². The van der Waals surface area contributed by atoms with Crippen molar-refractivity contribution in [3.63, 3.8) is 0 Å². The standard InChI is InChI=1S/C15H17N3O2/c1-10-6-7-16-14(8-10)18-15(20)17-13-5-3-4-12(9-13)11(2)19/h3-9,11,19H,1-2H3,(H2,16,17,18,20). The van der Waals surface area contributed by atoms with E-state index in [0.717, 1.165) is 11.1 Å². The third-order valence-electron chi connectivity index (χ3n) is 2.78. The molecule has 0 fully saturated rings. The monoisotopic (exact) mass is 271 g/mol. The molecule has 1 heterocycles. The summed E-state index contributed by atoms with van der Waals surface area (Å²) in [7, 11) is 0. The summed E-state index contributed by atoms with van der Waals surface area (Å²) in [4.78, 5) is 15.9. The van der Waals surface area contributed by atoms with Crippen LogP contribution in [0.3, 0.4) is 0 Å². The van der Waals surface area contributed by atoms with Gasteiger partial charge in [0, 0.05) is 11.9 Å². The van der Waals surface area contributed by atoms with Crippen LogP contribution in [-0.4, -0.2) is 16.1 Å². The van der Waals surface area contributed by atoms with Crippen LogP contribution in [0.1, 0.15) is 24.2 Å². The van der Waals surface area contributed by atoms with Crippen molar-refractivity contribution in [1.82, 2.24) is 4.98 Å². The Morgan fingerprint density at radius 1 is 1.25 bits per heavy atom. The minimum Gasteiger partial charge on any atom is -0.389 e. The molecule has 2 amide bonds. The number of hydrogen-bond acceptors (Lipinski definition) is 3. The zero-order valence-electron chi connectivity index (χ0n) is 11.4. The molecule has 0 aliphatic heterocycles. The van der Waals surface area contributed by atoms with Crippen LogP contribution in [0.2, 0.25) is 0 Å². The molecule has 1 unspecified atom stereocenters. The molecule has 1 aromatic carbocycles. The summed E-state index contributed by atoms with van der Waals surface area (Å²) >= 11 is 0. The van der Waals surface area contributed by atoms with E-state index < -0.39 is 6.10 Å². The Balaban J connectivity index is 2.03. The fourth-order valence-electron chi connectivity index (χ4n) is 1.76. The third kappa shape index (κ3) is 3.80. The van der Waals surface area contributed by atoms with Crippen LogP contribution in [0.15, 0.2) is 42.6 Å². The van der Waals surface area contributed by atoms with E-state index in [2.05, 4.69) is 15.6 Å². The molecule has 5 heteroatoms. The van der Waals surface area contributed by atoms with Gasteiger partial charge in [-0.3, -0.25) is 5.32 Å². The summed E-state index contributed by atoms with van der Waals surface area (Å²) in [6.07, 6.45) is 1.07. The van der Waals surface area contributed by atoms with Gasteiger partial charge in [0.05, 0.1) is 6.10 Å². The Bertz CT molecular complexity index is 612. The molecule has 0 saturated carbocycles. The van der Waals surface area contributed by atoms with Gasteiger partial charge in [-0.2, -0.15) is 0 Å². The van der Waals surface area contributed by atoms with Crippen LogP contribution in [0.4, 0.5) is 16.3 Å². The van der Waals surface area contributed by atoms with E-state index in [0.29, 0.717) is 11.5 Å². The molecule has 3 N–H and O–H groups in total. The molecule has 0 saturated heterocycles. The zero-order valence-corrected chi connectivity index (χ0v) is 11.4. The summed E-state index contributed by atoms with van der Waals surface area (Å²) < 4.78 is 0. The molecule has 104 valence electrons. The van der Waals surface area contributed by atoms with Crippen LogP contribution in [0.25, 0.3) is 0 Å². The highest BCUT2D eigenvalue weighted by Gasteiger charge is 2.06. The Kier molecular flexibility index (Phi) is 4.32. The lowest BCUT2D eigenvalue weighted by Crippen LogP contribution is -2.20. The van der Waals surface area contributed by atoms with Crippen LogP contribution >= 0.6 is 0 Å². The van der Waals surface area contributed by atoms with Crippen LogP contribution in [0.5, 0.6) is 0 Å². The number of aliphatic hydroxyl groups excluding tert-OH is 1. The van der Waals surface area contributed by atoms with Gasteiger partial charge in [-0.05, 0) is 49.2 Å². The number of urea groups is 1. The van der Waals surface area contributed by atoms with E-state index in [-0.39, 0.29) is 6.03 Å². The number of nitrogens with zero attached hydrogens (tertiary/aromatic N) is 1. The van der Waals surface area contributed by atoms with Gasteiger partial charge in [0.1, 0.15) is 5.82 Å². The zero-order chi connectivity index (χ0) is 14.5. The van der Waals surface area contributed by atoms with Crippen molar-refractivity contribution in [2.45, 2.75) is 20.0 Å². The van der Waals surface area contributed by atoms with Gasteiger partial charge >= 0.3 is 6.03 Å². The van der Waals surface area contributed by atoms with Gasteiger partial charge in [0.15, 0.2) is 0 Å². The molecular formula is C15H17N3O2. The highest BCUT2D eigenvalue weighted by Crippen LogP contribution is 2.17. The van der Waals surface area contributed by atoms with E-state index in [1.807, 2.05) is 13.0 Å². The minimum absolute atomic E-state index is 0.370. The molecule has 0 aliphatic rings. The van der Waals surface area contributed by atoms with Gasteiger partial charge in [0.25, 0.3) is 0 Å². The van der Waals surface area contributed by atoms with E-state index >= 15 is 0 Å². The molecule has 20 heavy (non-hydrogen) atoms. The average Bonchev–Trinajstić information content (AvgIpc) is 2.38. The normalized spacial score (nSPS) is 11.8. The van der Waals surface area contributed by atoms with Crippen LogP contribution in [-0.2, 0) is 0 Å². The summed E-state index contributed by atoms with van der Waals surface area (Å²) in [6, 6.07) is 10.3. The average molecular weight is 271 g/mol. The molecule has 5 nitrogen and oxygen atoms in total. The second kappa shape index (κ2) is 6.16. The molecule has 1 atom stereocenters. The number of rotatable bonds is 3. The number of benzene rings is 1. The molecule has 0 radical (unpaired) electrons. The predicted molar refractivity (Wildman–Crippen MR) is 78.7 cm³/mol. The first kappa shape index (κ1) is 14.0. The van der Waals surface area contributed by atoms with Gasteiger partial charge < -0.3 is 10.4 Å². The van der Waals surface area contributed by atoms with Crippen molar-refractivity contribution in [2.24, 2.45) is 0 Å². The number of aromatic nitrogens is 1. The van der Waals surface area contributed by atoms with Crippen molar-refractivity contribution in [3.8, 4) is 0 Å². The Labute approximate surface area is 117 Å². The number of anilines is 2. The Hall–Kier alpha value is -2.40. The number of hydrogen-bond donors (Lipinski definition) is 3. The third-order valence-corrected chi connectivity index (χ3v) is 2.78. The number of nitrogens with one attached hydrogen (secondary N) is 2. The van der Waals surface area contributed by atoms with E-state index in [1.165, 1.54) is 0 Å². The molecule has 0 aliphatic carbocycles. The molecular weight excluding hydrogens is 254 g/mol. The maximum absolute atomic E-state index is 11.8. The lowest BCUT2D eigenvalue weighted by Gasteiger charge is -2.10. The molecule has 0 spiro atoms. The molecule has 2 aromatic rings. The lowest BCUT2D eigenvalue weighted by molar-refractivity contribution is 0.199. The first-order valence-electron chi connectivity index (χ1n) is 6.33. The quantitative estimate of drug-likeness (QED) is 0.803. The fourth-order valence-corrected chi connectivity index (χ4v) is 1.76.